The molecule has 0 radical (unpaired) electrons. The molecular weight excluding hydrogens is 324 g/mol. The van der Waals surface area contributed by atoms with Crippen molar-refractivity contribution in [3.8, 4) is 0 Å². The van der Waals surface area contributed by atoms with E-state index in [1.165, 1.54) is 11.8 Å². The van der Waals surface area contributed by atoms with Crippen LogP contribution in [0.2, 0.25) is 0 Å². The van der Waals surface area contributed by atoms with Gasteiger partial charge in [-0.25, -0.2) is 0 Å². The summed E-state index contributed by atoms with van der Waals surface area (Å²) in [5.74, 6) is 1.18. The Bertz CT molecular complexity index is 786. The van der Waals surface area contributed by atoms with Crippen LogP contribution in [-0.4, -0.2) is 30.2 Å². The third-order valence-corrected chi connectivity index (χ3v) is 5.47. The Kier molecular flexibility index (Phi) is 4.41. The van der Waals surface area contributed by atoms with Crippen LogP contribution in [0.1, 0.15) is 18.4 Å². The van der Waals surface area contributed by atoms with Crippen molar-refractivity contribution in [3.05, 3.63) is 47.9 Å². The molecule has 126 valence electrons. The number of furan rings is 1. The molecule has 0 fully saturated rings. The summed E-state index contributed by atoms with van der Waals surface area (Å²) in [7, 11) is 1.71. The summed E-state index contributed by atoms with van der Waals surface area (Å²) in [6.07, 6.45) is 0.598. The smallest absolute Gasteiger partial charge is 0.252 e. The van der Waals surface area contributed by atoms with Gasteiger partial charge in [0.25, 0.3) is 5.91 Å². The first kappa shape index (κ1) is 16.6. The molecule has 5 nitrogen and oxygen atoms in total. The molecule has 2 aromatic rings. The van der Waals surface area contributed by atoms with E-state index in [1.807, 2.05) is 43.3 Å². The molecule has 3 rings (SSSR count). The number of thioether (sulfide) groups is 1. The number of rotatable bonds is 4. The van der Waals surface area contributed by atoms with Gasteiger partial charge in [-0.05, 0) is 38.1 Å². The van der Waals surface area contributed by atoms with Gasteiger partial charge in [-0.15, -0.1) is 0 Å². The van der Waals surface area contributed by atoms with Crippen molar-refractivity contribution < 1.29 is 14.0 Å². The molecule has 1 aromatic carbocycles. The highest BCUT2D eigenvalue weighted by Gasteiger charge is 2.48. The quantitative estimate of drug-likeness (QED) is 0.867. The standard InChI is InChI=1S/C18H20N2O3S/c1-12-8-9-13(23-12)10-11-19-16(21)18(2)17(22)20(3)14-6-4-5-7-15(14)24-18/h4-9H,10-11H2,1-3H3,(H,19,21). The summed E-state index contributed by atoms with van der Waals surface area (Å²) in [5.41, 5.74) is 0.837. The van der Waals surface area contributed by atoms with Gasteiger partial charge in [0, 0.05) is 24.9 Å². The zero-order valence-corrected chi connectivity index (χ0v) is 14.8. The predicted octanol–water partition coefficient (Wildman–Crippen LogP) is 2.77. The van der Waals surface area contributed by atoms with Crippen LogP contribution in [-0.2, 0) is 16.0 Å². The monoisotopic (exact) mass is 344 g/mol. The van der Waals surface area contributed by atoms with E-state index < -0.39 is 4.75 Å². The van der Waals surface area contributed by atoms with Gasteiger partial charge in [0.1, 0.15) is 11.5 Å². The van der Waals surface area contributed by atoms with E-state index >= 15 is 0 Å². The average molecular weight is 344 g/mol. The number of nitrogens with zero attached hydrogens (tertiary/aromatic N) is 1. The first-order valence-electron chi connectivity index (χ1n) is 7.81. The number of aryl methyl sites for hydroxylation is 1. The highest BCUT2D eigenvalue weighted by atomic mass is 32.2. The summed E-state index contributed by atoms with van der Waals surface area (Å²) >= 11 is 1.30. The number of fused-ring (bicyclic) bond motifs is 1. The number of amides is 2. The number of hydrogen-bond donors (Lipinski definition) is 1. The minimum absolute atomic E-state index is 0.211. The molecule has 1 aliphatic heterocycles. The fraction of sp³-hybridized carbons (Fsp3) is 0.333. The molecule has 6 heteroatoms. The molecule has 2 amide bonds. The van der Waals surface area contributed by atoms with E-state index in [1.54, 1.807) is 18.9 Å². The van der Waals surface area contributed by atoms with Gasteiger partial charge in [0.2, 0.25) is 5.91 Å². The molecule has 0 bridgehead atoms. The molecule has 0 saturated carbocycles. The second-order valence-electron chi connectivity index (χ2n) is 5.99. The van der Waals surface area contributed by atoms with E-state index in [2.05, 4.69) is 5.32 Å². The van der Waals surface area contributed by atoms with Crippen molar-refractivity contribution in [2.75, 3.05) is 18.5 Å². The maximum absolute atomic E-state index is 12.7. The molecular formula is C18H20N2O3S. The third-order valence-electron chi connectivity index (χ3n) is 4.14. The van der Waals surface area contributed by atoms with Gasteiger partial charge in [0.05, 0.1) is 5.69 Å². The maximum Gasteiger partial charge on any atom is 0.252 e. The topological polar surface area (TPSA) is 62.6 Å². The highest BCUT2D eigenvalue weighted by molar-refractivity contribution is 8.02. The highest BCUT2D eigenvalue weighted by Crippen LogP contribution is 2.44. The molecule has 0 saturated heterocycles. The van der Waals surface area contributed by atoms with Crippen LogP contribution in [0.15, 0.2) is 45.7 Å². The summed E-state index contributed by atoms with van der Waals surface area (Å²) in [6, 6.07) is 11.4. The van der Waals surface area contributed by atoms with Crippen LogP contribution in [0.25, 0.3) is 0 Å². The van der Waals surface area contributed by atoms with E-state index in [-0.39, 0.29) is 11.8 Å². The zero-order chi connectivity index (χ0) is 17.3. The van der Waals surface area contributed by atoms with Crippen molar-refractivity contribution >= 4 is 29.3 Å². The van der Waals surface area contributed by atoms with Gasteiger partial charge in [-0.1, -0.05) is 23.9 Å². The van der Waals surface area contributed by atoms with Crippen LogP contribution in [0, 0.1) is 6.92 Å². The van der Waals surface area contributed by atoms with Crippen molar-refractivity contribution in [2.45, 2.75) is 29.9 Å². The Balaban J connectivity index is 1.70. The number of anilines is 1. The van der Waals surface area contributed by atoms with Crippen molar-refractivity contribution in [1.29, 1.82) is 0 Å². The second-order valence-corrected chi connectivity index (χ2v) is 7.45. The lowest BCUT2D eigenvalue weighted by atomic mass is 10.1. The van der Waals surface area contributed by atoms with E-state index in [0.717, 1.165) is 22.1 Å². The van der Waals surface area contributed by atoms with Gasteiger partial charge in [-0.3, -0.25) is 9.59 Å². The Morgan fingerprint density at radius 1 is 1.29 bits per heavy atom. The van der Waals surface area contributed by atoms with Gasteiger partial charge in [-0.2, -0.15) is 0 Å². The van der Waals surface area contributed by atoms with Gasteiger partial charge >= 0.3 is 0 Å². The molecule has 0 aliphatic carbocycles. The molecule has 2 heterocycles. The van der Waals surface area contributed by atoms with Crippen LogP contribution >= 0.6 is 11.8 Å². The number of carbonyl (C=O) groups excluding carboxylic acids is 2. The van der Waals surface area contributed by atoms with Crippen LogP contribution in [0.3, 0.4) is 0 Å². The minimum atomic E-state index is -1.16. The number of hydrogen-bond acceptors (Lipinski definition) is 4. The maximum atomic E-state index is 12.7. The second kappa shape index (κ2) is 6.36. The Hall–Kier alpha value is -2.21. The zero-order valence-electron chi connectivity index (χ0n) is 14.0. The van der Waals surface area contributed by atoms with Crippen molar-refractivity contribution in [3.63, 3.8) is 0 Å². The lowest BCUT2D eigenvalue weighted by Crippen LogP contribution is -2.55. The van der Waals surface area contributed by atoms with Crippen LogP contribution < -0.4 is 10.2 Å². The van der Waals surface area contributed by atoms with Crippen LogP contribution in [0.4, 0.5) is 5.69 Å². The summed E-state index contributed by atoms with van der Waals surface area (Å²) in [6.45, 7) is 3.99. The van der Waals surface area contributed by atoms with E-state index in [4.69, 9.17) is 4.42 Å². The van der Waals surface area contributed by atoms with E-state index in [0.29, 0.717) is 13.0 Å². The largest absolute Gasteiger partial charge is 0.466 e. The average Bonchev–Trinajstić information content (AvgIpc) is 2.98. The number of carbonyl (C=O) groups is 2. The third kappa shape index (κ3) is 2.94. The molecule has 1 unspecified atom stereocenters. The molecule has 1 aliphatic rings. The van der Waals surface area contributed by atoms with Crippen molar-refractivity contribution in [1.82, 2.24) is 5.32 Å². The number of nitrogens with one attached hydrogen (secondary N) is 1. The van der Waals surface area contributed by atoms with Gasteiger partial charge < -0.3 is 14.6 Å². The van der Waals surface area contributed by atoms with Crippen molar-refractivity contribution in [2.24, 2.45) is 0 Å². The fourth-order valence-electron chi connectivity index (χ4n) is 2.74. The summed E-state index contributed by atoms with van der Waals surface area (Å²) in [4.78, 5) is 27.9. The SMILES string of the molecule is Cc1ccc(CCNC(=O)C2(C)Sc3ccccc3N(C)C2=O)o1. The van der Waals surface area contributed by atoms with Crippen LogP contribution in [0.5, 0.6) is 0 Å². The molecule has 24 heavy (non-hydrogen) atoms. The molecule has 1 N–H and O–H groups in total. The number of benzene rings is 1. The lowest BCUT2D eigenvalue weighted by Gasteiger charge is -2.36. The summed E-state index contributed by atoms with van der Waals surface area (Å²) < 4.78 is 4.32. The summed E-state index contributed by atoms with van der Waals surface area (Å²) in [5, 5.41) is 2.87. The Labute approximate surface area is 145 Å². The normalized spacial score (nSPS) is 20.0. The van der Waals surface area contributed by atoms with Gasteiger partial charge in [0.15, 0.2) is 4.75 Å². The molecule has 0 spiro atoms. The molecule has 1 aromatic heterocycles. The Morgan fingerprint density at radius 2 is 2.04 bits per heavy atom. The first-order chi connectivity index (χ1) is 11.4. The predicted molar refractivity (Wildman–Crippen MR) is 94.3 cm³/mol. The number of para-hydroxylation sites is 1. The fourth-order valence-corrected chi connectivity index (χ4v) is 4.03. The Morgan fingerprint density at radius 3 is 2.75 bits per heavy atom. The molecule has 1 atom stereocenters. The lowest BCUT2D eigenvalue weighted by molar-refractivity contribution is -0.131. The minimum Gasteiger partial charge on any atom is -0.466 e. The van der Waals surface area contributed by atoms with E-state index in [9.17, 15) is 9.59 Å². The first-order valence-corrected chi connectivity index (χ1v) is 8.63.